The van der Waals surface area contributed by atoms with E-state index in [4.69, 9.17) is 0 Å². The number of hydrogen-bond donors (Lipinski definition) is 2. The second-order valence-corrected chi connectivity index (χ2v) is 6.04. The molecule has 0 radical (unpaired) electrons. The molecule has 1 aromatic rings. The van der Waals surface area contributed by atoms with Crippen molar-refractivity contribution in [2.45, 2.75) is 19.4 Å². The Morgan fingerprint density at radius 2 is 2.20 bits per heavy atom. The molecule has 5 heteroatoms. The molecule has 1 aromatic carbocycles. The van der Waals surface area contributed by atoms with Crippen molar-refractivity contribution in [2.24, 2.45) is 0 Å². The number of nitrogens with zero attached hydrogens (tertiary/aromatic N) is 1. The summed E-state index contributed by atoms with van der Waals surface area (Å²) in [7, 11) is 0. The molecule has 1 atom stereocenters. The van der Waals surface area contributed by atoms with E-state index in [1.807, 2.05) is 31.2 Å². The van der Waals surface area contributed by atoms with Gasteiger partial charge in [-0.15, -0.1) is 0 Å². The summed E-state index contributed by atoms with van der Waals surface area (Å²) < 4.78 is 1.03. The maximum absolute atomic E-state index is 12.1. The number of rotatable bonds is 4. The second-order valence-electron chi connectivity index (χ2n) is 5.19. The van der Waals surface area contributed by atoms with Crippen molar-refractivity contribution in [3.63, 3.8) is 0 Å². The minimum atomic E-state index is 0.0168. The van der Waals surface area contributed by atoms with E-state index in [0.29, 0.717) is 6.54 Å². The lowest BCUT2D eigenvalue weighted by molar-refractivity contribution is -0.122. The van der Waals surface area contributed by atoms with Gasteiger partial charge in [-0.1, -0.05) is 34.1 Å². The van der Waals surface area contributed by atoms with Crippen molar-refractivity contribution < 1.29 is 4.79 Å². The molecule has 0 bridgehead atoms. The van der Waals surface area contributed by atoms with E-state index in [2.05, 4.69) is 31.5 Å². The number of halogens is 1. The first-order chi connectivity index (χ1) is 9.66. The summed E-state index contributed by atoms with van der Waals surface area (Å²) in [4.78, 5) is 14.3. The van der Waals surface area contributed by atoms with Crippen LogP contribution in [0.1, 0.15) is 24.9 Å². The van der Waals surface area contributed by atoms with Gasteiger partial charge < -0.3 is 10.6 Å². The number of hydrogen-bond acceptors (Lipinski definition) is 3. The van der Waals surface area contributed by atoms with E-state index in [1.54, 1.807) is 0 Å². The van der Waals surface area contributed by atoms with Crippen LogP contribution >= 0.6 is 15.9 Å². The molecule has 110 valence electrons. The van der Waals surface area contributed by atoms with Crippen LogP contribution < -0.4 is 10.6 Å². The van der Waals surface area contributed by atoms with Crippen LogP contribution in [0.15, 0.2) is 28.7 Å². The number of nitrogens with one attached hydrogen (secondary N) is 2. The van der Waals surface area contributed by atoms with Crippen molar-refractivity contribution in [3.8, 4) is 0 Å². The Hall–Kier alpha value is -0.910. The largest absolute Gasteiger partial charge is 0.348 e. The maximum Gasteiger partial charge on any atom is 0.234 e. The summed E-state index contributed by atoms with van der Waals surface area (Å²) in [6.45, 7) is 6.44. The molecule has 1 aliphatic rings. The van der Waals surface area contributed by atoms with Crippen molar-refractivity contribution in [1.29, 1.82) is 0 Å². The van der Waals surface area contributed by atoms with Crippen molar-refractivity contribution >= 4 is 21.8 Å². The van der Waals surface area contributed by atoms with E-state index >= 15 is 0 Å². The summed E-state index contributed by atoms with van der Waals surface area (Å²) in [6.07, 6.45) is 1.10. The standard InChI is InChI=1S/C15H22BrN3O/c1-12(13-5-2-3-6-14(13)16)18-15(20)11-19-9-4-7-17-8-10-19/h2-3,5-6,12,17H,4,7-11H2,1H3,(H,18,20)/t12-/m0/s1. The molecule has 0 spiro atoms. The first-order valence-electron chi connectivity index (χ1n) is 7.13. The Morgan fingerprint density at radius 3 is 3.00 bits per heavy atom. The van der Waals surface area contributed by atoms with Gasteiger partial charge in [0.2, 0.25) is 5.91 Å². The summed E-state index contributed by atoms with van der Waals surface area (Å²) >= 11 is 3.53. The average molecular weight is 340 g/mol. The van der Waals surface area contributed by atoms with E-state index in [0.717, 1.165) is 42.6 Å². The van der Waals surface area contributed by atoms with Gasteiger partial charge >= 0.3 is 0 Å². The Balaban J connectivity index is 1.86. The molecule has 0 saturated carbocycles. The van der Waals surface area contributed by atoms with E-state index in [1.165, 1.54) is 0 Å². The summed E-state index contributed by atoms with van der Waals surface area (Å²) in [5, 5.41) is 6.42. The van der Waals surface area contributed by atoms with Crippen LogP contribution in [0.5, 0.6) is 0 Å². The van der Waals surface area contributed by atoms with Crippen LogP contribution in [-0.4, -0.2) is 43.5 Å². The molecule has 1 saturated heterocycles. The molecule has 1 amide bonds. The van der Waals surface area contributed by atoms with Gasteiger partial charge in [0, 0.05) is 17.6 Å². The fourth-order valence-electron chi connectivity index (χ4n) is 2.45. The molecule has 1 aliphatic heterocycles. The normalized spacial score (nSPS) is 18.3. The van der Waals surface area contributed by atoms with Gasteiger partial charge in [-0.25, -0.2) is 0 Å². The smallest absolute Gasteiger partial charge is 0.234 e. The van der Waals surface area contributed by atoms with Gasteiger partial charge in [-0.2, -0.15) is 0 Å². The van der Waals surface area contributed by atoms with E-state index < -0.39 is 0 Å². The lowest BCUT2D eigenvalue weighted by Crippen LogP contribution is -2.39. The lowest BCUT2D eigenvalue weighted by atomic mass is 10.1. The van der Waals surface area contributed by atoms with Crippen LogP contribution in [0, 0.1) is 0 Å². The van der Waals surface area contributed by atoms with Crippen LogP contribution in [0.2, 0.25) is 0 Å². The molecule has 2 N–H and O–H groups in total. The minimum Gasteiger partial charge on any atom is -0.348 e. The fraction of sp³-hybridized carbons (Fsp3) is 0.533. The molecular formula is C15H22BrN3O. The van der Waals surface area contributed by atoms with E-state index in [9.17, 15) is 4.79 Å². The summed E-state index contributed by atoms with van der Waals surface area (Å²) in [5.41, 5.74) is 1.11. The molecule has 0 unspecified atom stereocenters. The van der Waals surface area contributed by atoms with Gasteiger partial charge in [0.25, 0.3) is 0 Å². The molecule has 1 fully saturated rings. The van der Waals surface area contributed by atoms with Gasteiger partial charge in [0.1, 0.15) is 0 Å². The molecule has 20 heavy (non-hydrogen) atoms. The third-order valence-electron chi connectivity index (χ3n) is 3.55. The first kappa shape index (κ1) is 15.5. The Labute approximate surface area is 129 Å². The Bertz CT molecular complexity index is 444. The van der Waals surface area contributed by atoms with Crippen molar-refractivity contribution in [3.05, 3.63) is 34.3 Å². The third kappa shape index (κ3) is 4.58. The van der Waals surface area contributed by atoms with E-state index in [-0.39, 0.29) is 11.9 Å². The van der Waals surface area contributed by atoms with Crippen LogP contribution in [0.3, 0.4) is 0 Å². The zero-order valence-corrected chi connectivity index (χ0v) is 13.4. The Kier molecular flexibility index (Phi) is 6.01. The van der Waals surface area contributed by atoms with Crippen molar-refractivity contribution in [1.82, 2.24) is 15.5 Å². The Morgan fingerprint density at radius 1 is 1.40 bits per heavy atom. The van der Waals surface area contributed by atoms with Crippen LogP contribution in [0.4, 0.5) is 0 Å². The first-order valence-corrected chi connectivity index (χ1v) is 7.93. The lowest BCUT2D eigenvalue weighted by Gasteiger charge is -2.21. The summed E-state index contributed by atoms with van der Waals surface area (Å²) in [5.74, 6) is 0.0927. The maximum atomic E-state index is 12.1. The van der Waals surface area contributed by atoms with Gasteiger partial charge in [-0.05, 0) is 38.1 Å². The molecule has 1 heterocycles. The fourth-order valence-corrected chi connectivity index (χ4v) is 3.08. The monoisotopic (exact) mass is 339 g/mol. The number of carbonyl (C=O) groups is 1. The minimum absolute atomic E-state index is 0.0168. The molecule has 2 rings (SSSR count). The third-order valence-corrected chi connectivity index (χ3v) is 4.27. The zero-order chi connectivity index (χ0) is 14.4. The number of benzene rings is 1. The summed E-state index contributed by atoms with van der Waals surface area (Å²) in [6, 6.07) is 8.02. The quantitative estimate of drug-likeness (QED) is 0.880. The van der Waals surface area contributed by atoms with Gasteiger partial charge in [0.05, 0.1) is 12.6 Å². The van der Waals surface area contributed by atoms with Gasteiger partial charge in [0.15, 0.2) is 0 Å². The van der Waals surface area contributed by atoms with Crippen molar-refractivity contribution in [2.75, 3.05) is 32.7 Å². The molecule has 4 nitrogen and oxygen atoms in total. The highest BCUT2D eigenvalue weighted by molar-refractivity contribution is 9.10. The van der Waals surface area contributed by atoms with Gasteiger partial charge in [-0.3, -0.25) is 9.69 Å². The van der Waals surface area contributed by atoms with Crippen LogP contribution in [-0.2, 0) is 4.79 Å². The highest BCUT2D eigenvalue weighted by atomic mass is 79.9. The number of amides is 1. The average Bonchev–Trinajstić information content (AvgIpc) is 2.67. The predicted molar refractivity (Wildman–Crippen MR) is 84.6 cm³/mol. The molecule has 0 aliphatic carbocycles. The van der Waals surface area contributed by atoms with Crippen LogP contribution in [0.25, 0.3) is 0 Å². The predicted octanol–water partition coefficient (Wildman–Crippen LogP) is 1.92. The highest BCUT2D eigenvalue weighted by Crippen LogP contribution is 2.22. The SMILES string of the molecule is C[C@H](NC(=O)CN1CCCNCC1)c1ccccc1Br. The second kappa shape index (κ2) is 7.76. The topological polar surface area (TPSA) is 44.4 Å². The highest BCUT2D eigenvalue weighted by Gasteiger charge is 2.16. The molecule has 0 aromatic heterocycles. The number of carbonyl (C=O) groups excluding carboxylic acids is 1. The molecular weight excluding hydrogens is 318 g/mol. The zero-order valence-electron chi connectivity index (χ0n) is 11.9.